The lowest BCUT2D eigenvalue weighted by molar-refractivity contribution is 0.515. The van der Waals surface area contributed by atoms with Crippen molar-refractivity contribution in [1.82, 2.24) is 5.32 Å². The van der Waals surface area contributed by atoms with Gasteiger partial charge >= 0.3 is 0 Å². The summed E-state index contributed by atoms with van der Waals surface area (Å²) in [4.78, 5) is 0. The summed E-state index contributed by atoms with van der Waals surface area (Å²) in [7, 11) is 0. The summed E-state index contributed by atoms with van der Waals surface area (Å²) in [5.74, 6) is 0. The fraction of sp³-hybridized carbons (Fsp3) is 0.368. The smallest absolute Gasteiger partial charge is 0.0323 e. The highest BCUT2D eigenvalue weighted by Gasteiger charge is 2.09. The largest absolute Gasteiger partial charge is 0.310 e. The Morgan fingerprint density at radius 3 is 2.10 bits per heavy atom. The third-order valence-corrected chi connectivity index (χ3v) is 3.81. The standard InChI is InChI=1S/C19H25N/c1-3-16-10-12-17(13-11-16)14-15-19(20-4-2)18-8-6-5-7-9-18/h5-13,19-20H,3-4,14-15H2,1-2H3. The molecule has 0 spiro atoms. The van der Waals surface area contributed by atoms with Crippen molar-refractivity contribution in [3.05, 3.63) is 71.3 Å². The third kappa shape index (κ3) is 4.21. The molecule has 2 rings (SSSR count). The molecule has 0 bridgehead atoms. The highest BCUT2D eigenvalue weighted by Crippen LogP contribution is 2.19. The molecule has 1 N–H and O–H groups in total. The zero-order chi connectivity index (χ0) is 14.2. The van der Waals surface area contributed by atoms with Crippen LogP contribution in [0.5, 0.6) is 0 Å². The Morgan fingerprint density at radius 2 is 1.50 bits per heavy atom. The van der Waals surface area contributed by atoms with Crippen molar-refractivity contribution >= 4 is 0 Å². The lowest BCUT2D eigenvalue weighted by Gasteiger charge is -2.18. The van der Waals surface area contributed by atoms with Gasteiger partial charge in [0.1, 0.15) is 0 Å². The number of aryl methyl sites for hydroxylation is 2. The Labute approximate surface area is 123 Å². The summed E-state index contributed by atoms with van der Waals surface area (Å²) in [6, 6.07) is 20.2. The Morgan fingerprint density at radius 1 is 0.850 bits per heavy atom. The molecule has 0 saturated carbocycles. The second-order valence-electron chi connectivity index (χ2n) is 5.23. The van der Waals surface area contributed by atoms with Gasteiger partial charge in [-0.25, -0.2) is 0 Å². The first-order chi connectivity index (χ1) is 9.83. The molecule has 0 aromatic heterocycles. The van der Waals surface area contributed by atoms with Gasteiger partial charge < -0.3 is 5.32 Å². The Balaban J connectivity index is 1.98. The first-order valence-corrected chi connectivity index (χ1v) is 7.69. The van der Waals surface area contributed by atoms with Crippen LogP contribution in [0.3, 0.4) is 0 Å². The second kappa shape index (κ2) is 7.86. The van der Waals surface area contributed by atoms with Crippen LogP contribution in [-0.4, -0.2) is 6.54 Å². The molecule has 1 nitrogen and oxygen atoms in total. The SMILES string of the molecule is CCNC(CCc1ccc(CC)cc1)c1ccccc1. The van der Waals surface area contributed by atoms with Gasteiger partial charge in [0.05, 0.1) is 0 Å². The molecule has 0 radical (unpaired) electrons. The van der Waals surface area contributed by atoms with Gasteiger partial charge in [0.15, 0.2) is 0 Å². The molecule has 1 heteroatoms. The minimum absolute atomic E-state index is 0.451. The molecule has 0 aliphatic carbocycles. The Kier molecular flexibility index (Phi) is 5.82. The van der Waals surface area contributed by atoms with Gasteiger partial charge in [0.25, 0.3) is 0 Å². The lowest BCUT2D eigenvalue weighted by atomic mass is 9.98. The fourth-order valence-corrected chi connectivity index (χ4v) is 2.57. The van der Waals surface area contributed by atoms with Gasteiger partial charge in [-0.05, 0) is 42.5 Å². The summed E-state index contributed by atoms with van der Waals surface area (Å²) >= 11 is 0. The highest BCUT2D eigenvalue weighted by molar-refractivity contribution is 5.24. The van der Waals surface area contributed by atoms with Crippen LogP contribution in [0.15, 0.2) is 54.6 Å². The summed E-state index contributed by atoms with van der Waals surface area (Å²) in [6.45, 7) is 5.38. The number of benzene rings is 2. The molecular weight excluding hydrogens is 242 g/mol. The third-order valence-electron chi connectivity index (χ3n) is 3.81. The summed E-state index contributed by atoms with van der Waals surface area (Å²) in [6.07, 6.45) is 3.38. The van der Waals surface area contributed by atoms with E-state index in [2.05, 4.69) is 73.8 Å². The van der Waals surface area contributed by atoms with Crippen LogP contribution < -0.4 is 5.32 Å². The van der Waals surface area contributed by atoms with Crippen molar-refractivity contribution in [2.24, 2.45) is 0 Å². The van der Waals surface area contributed by atoms with Gasteiger partial charge in [-0.15, -0.1) is 0 Å². The average molecular weight is 267 g/mol. The van der Waals surface area contributed by atoms with Gasteiger partial charge in [-0.1, -0.05) is 68.4 Å². The highest BCUT2D eigenvalue weighted by atomic mass is 14.9. The molecule has 0 aliphatic heterocycles. The van der Waals surface area contributed by atoms with Crippen molar-refractivity contribution in [2.75, 3.05) is 6.54 Å². The minimum Gasteiger partial charge on any atom is -0.310 e. The molecule has 0 heterocycles. The van der Waals surface area contributed by atoms with Crippen molar-refractivity contribution in [3.8, 4) is 0 Å². The normalized spacial score (nSPS) is 12.3. The lowest BCUT2D eigenvalue weighted by Crippen LogP contribution is -2.21. The van der Waals surface area contributed by atoms with E-state index in [4.69, 9.17) is 0 Å². The Bertz CT molecular complexity index is 487. The first kappa shape index (κ1) is 14.8. The zero-order valence-electron chi connectivity index (χ0n) is 12.6. The molecule has 106 valence electrons. The van der Waals surface area contributed by atoms with E-state index >= 15 is 0 Å². The molecule has 2 aromatic carbocycles. The molecule has 0 saturated heterocycles. The molecule has 2 aromatic rings. The summed E-state index contributed by atoms with van der Waals surface area (Å²) in [5.41, 5.74) is 4.24. The molecule has 0 amide bonds. The van der Waals surface area contributed by atoms with E-state index in [1.54, 1.807) is 0 Å². The molecule has 0 aliphatic rings. The quantitative estimate of drug-likeness (QED) is 0.777. The molecule has 0 fully saturated rings. The van der Waals surface area contributed by atoms with Crippen LogP contribution in [0.1, 0.15) is 43.0 Å². The van der Waals surface area contributed by atoms with Crippen LogP contribution in [0.4, 0.5) is 0 Å². The second-order valence-corrected chi connectivity index (χ2v) is 5.23. The topological polar surface area (TPSA) is 12.0 Å². The van der Waals surface area contributed by atoms with Crippen LogP contribution in [0, 0.1) is 0 Å². The number of hydrogen-bond donors (Lipinski definition) is 1. The number of rotatable bonds is 7. The zero-order valence-corrected chi connectivity index (χ0v) is 12.6. The predicted octanol–water partition coefficient (Wildman–Crippen LogP) is 4.53. The maximum absolute atomic E-state index is 3.59. The fourth-order valence-electron chi connectivity index (χ4n) is 2.57. The van der Waals surface area contributed by atoms with Gasteiger partial charge in [-0.2, -0.15) is 0 Å². The van der Waals surface area contributed by atoms with Crippen LogP contribution in [-0.2, 0) is 12.8 Å². The predicted molar refractivity (Wildman–Crippen MR) is 87.0 cm³/mol. The Hall–Kier alpha value is -1.60. The van der Waals surface area contributed by atoms with Crippen LogP contribution in [0.2, 0.25) is 0 Å². The van der Waals surface area contributed by atoms with E-state index in [1.807, 2.05) is 0 Å². The molecule has 1 unspecified atom stereocenters. The maximum Gasteiger partial charge on any atom is 0.0323 e. The van der Waals surface area contributed by atoms with E-state index in [9.17, 15) is 0 Å². The van der Waals surface area contributed by atoms with E-state index in [-0.39, 0.29) is 0 Å². The monoisotopic (exact) mass is 267 g/mol. The van der Waals surface area contributed by atoms with Gasteiger partial charge in [-0.3, -0.25) is 0 Å². The van der Waals surface area contributed by atoms with Crippen molar-refractivity contribution in [2.45, 2.75) is 39.2 Å². The van der Waals surface area contributed by atoms with Crippen LogP contribution in [0.25, 0.3) is 0 Å². The first-order valence-electron chi connectivity index (χ1n) is 7.69. The average Bonchev–Trinajstić information content (AvgIpc) is 2.53. The van der Waals surface area contributed by atoms with Gasteiger partial charge in [0, 0.05) is 6.04 Å². The van der Waals surface area contributed by atoms with Crippen LogP contribution >= 0.6 is 0 Å². The van der Waals surface area contributed by atoms with Crippen molar-refractivity contribution in [1.29, 1.82) is 0 Å². The summed E-state index contributed by atoms with van der Waals surface area (Å²) in [5, 5.41) is 3.59. The number of nitrogens with one attached hydrogen (secondary N) is 1. The van der Waals surface area contributed by atoms with E-state index < -0.39 is 0 Å². The maximum atomic E-state index is 3.59. The molecule has 20 heavy (non-hydrogen) atoms. The van der Waals surface area contributed by atoms with Crippen molar-refractivity contribution in [3.63, 3.8) is 0 Å². The minimum atomic E-state index is 0.451. The van der Waals surface area contributed by atoms with Gasteiger partial charge in [0.2, 0.25) is 0 Å². The number of hydrogen-bond acceptors (Lipinski definition) is 1. The van der Waals surface area contributed by atoms with E-state index in [1.165, 1.54) is 16.7 Å². The van der Waals surface area contributed by atoms with E-state index in [0.29, 0.717) is 6.04 Å². The van der Waals surface area contributed by atoms with E-state index in [0.717, 1.165) is 25.8 Å². The molecular formula is C19H25N. The molecule has 1 atom stereocenters. The summed E-state index contributed by atoms with van der Waals surface area (Å²) < 4.78 is 0. The van der Waals surface area contributed by atoms with Crippen molar-refractivity contribution < 1.29 is 0 Å².